The van der Waals surface area contributed by atoms with Gasteiger partial charge in [0.1, 0.15) is 11.6 Å². The van der Waals surface area contributed by atoms with Gasteiger partial charge in [0.05, 0.1) is 0 Å². The van der Waals surface area contributed by atoms with E-state index in [-0.39, 0.29) is 11.6 Å². The molecular formula is C10H13FO. The molecule has 0 aliphatic heterocycles. The van der Waals surface area contributed by atoms with Gasteiger partial charge in [0.25, 0.3) is 0 Å². The molecular weight excluding hydrogens is 155 g/mol. The molecule has 1 aromatic rings. The predicted octanol–water partition coefficient (Wildman–Crippen LogP) is 2.73. The summed E-state index contributed by atoms with van der Waals surface area (Å²) in [6.45, 7) is 3.98. The highest BCUT2D eigenvalue weighted by atomic mass is 19.1. The van der Waals surface area contributed by atoms with Crippen molar-refractivity contribution in [2.45, 2.75) is 20.3 Å². The number of halogens is 1. The van der Waals surface area contributed by atoms with Crippen LogP contribution in [-0.2, 0) is 6.42 Å². The summed E-state index contributed by atoms with van der Waals surface area (Å²) in [7, 11) is 0. The SMILES string of the molecule is CC(C)Cc1c(O)cccc1F. The van der Waals surface area contributed by atoms with Crippen molar-refractivity contribution in [1.82, 2.24) is 0 Å². The molecule has 1 rings (SSSR count). The molecule has 12 heavy (non-hydrogen) atoms. The Morgan fingerprint density at radius 1 is 1.42 bits per heavy atom. The van der Waals surface area contributed by atoms with E-state index in [0.717, 1.165) is 0 Å². The molecule has 0 radical (unpaired) electrons. The Kier molecular flexibility index (Phi) is 2.69. The molecule has 0 heterocycles. The molecule has 0 spiro atoms. The molecule has 0 aromatic heterocycles. The van der Waals surface area contributed by atoms with Gasteiger partial charge in [-0.3, -0.25) is 0 Å². The van der Waals surface area contributed by atoms with Crippen molar-refractivity contribution in [2.75, 3.05) is 0 Å². The van der Waals surface area contributed by atoms with E-state index in [1.165, 1.54) is 18.2 Å². The lowest BCUT2D eigenvalue weighted by atomic mass is 10.0. The van der Waals surface area contributed by atoms with Crippen LogP contribution in [0.3, 0.4) is 0 Å². The van der Waals surface area contributed by atoms with Gasteiger partial charge in [-0.25, -0.2) is 4.39 Å². The number of rotatable bonds is 2. The third-order valence-electron chi connectivity index (χ3n) is 1.71. The quantitative estimate of drug-likeness (QED) is 0.719. The minimum Gasteiger partial charge on any atom is -0.508 e. The van der Waals surface area contributed by atoms with Crippen LogP contribution >= 0.6 is 0 Å². The summed E-state index contributed by atoms with van der Waals surface area (Å²) in [5.41, 5.74) is 0.424. The minimum absolute atomic E-state index is 0.0590. The van der Waals surface area contributed by atoms with Crippen molar-refractivity contribution < 1.29 is 9.50 Å². The molecule has 0 aliphatic rings. The summed E-state index contributed by atoms with van der Waals surface area (Å²) >= 11 is 0. The van der Waals surface area contributed by atoms with Crippen LogP contribution in [0.2, 0.25) is 0 Å². The zero-order valence-corrected chi connectivity index (χ0v) is 7.34. The van der Waals surface area contributed by atoms with E-state index in [1.54, 1.807) is 0 Å². The van der Waals surface area contributed by atoms with E-state index in [4.69, 9.17) is 0 Å². The lowest BCUT2D eigenvalue weighted by Crippen LogP contribution is -1.97. The Hall–Kier alpha value is -1.05. The van der Waals surface area contributed by atoms with Gasteiger partial charge in [-0.15, -0.1) is 0 Å². The fourth-order valence-corrected chi connectivity index (χ4v) is 1.16. The Morgan fingerprint density at radius 3 is 2.58 bits per heavy atom. The van der Waals surface area contributed by atoms with Gasteiger partial charge >= 0.3 is 0 Å². The Bertz CT molecular complexity index is 248. The van der Waals surface area contributed by atoms with Crippen molar-refractivity contribution in [1.29, 1.82) is 0 Å². The average molecular weight is 168 g/mol. The van der Waals surface area contributed by atoms with Crippen LogP contribution in [0.4, 0.5) is 4.39 Å². The van der Waals surface area contributed by atoms with Gasteiger partial charge in [0.2, 0.25) is 0 Å². The number of hydrogen-bond acceptors (Lipinski definition) is 1. The molecule has 0 saturated carbocycles. The summed E-state index contributed by atoms with van der Waals surface area (Å²) in [6, 6.07) is 4.40. The number of phenols is 1. The zero-order valence-electron chi connectivity index (χ0n) is 7.34. The first-order valence-electron chi connectivity index (χ1n) is 4.07. The maximum Gasteiger partial charge on any atom is 0.130 e. The smallest absolute Gasteiger partial charge is 0.130 e. The molecule has 0 saturated heterocycles. The second kappa shape index (κ2) is 3.57. The molecule has 1 N–H and O–H groups in total. The van der Waals surface area contributed by atoms with Crippen molar-refractivity contribution in [2.24, 2.45) is 5.92 Å². The summed E-state index contributed by atoms with van der Waals surface area (Å²) in [5, 5.41) is 9.30. The van der Waals surface area contributed by atoms with Crippen molar-refractivity contribution >= 4 is 0 Å². The first-order chi connectivity index (χ1) is 5.61. The van der Waals surface area contributed by atoms with E-state index in [0.29, 0.717) is 17.9 Å². The number of aromatic hydroxyl groups is 1. The van der Waals surface area contributed by atoms with Gasteiger partial charge in [0.15, 0.2) is 0 Å². The molecule has 2 heteroatoms. The van der Waals surface area contributed by atoms with Crippen molar-refractivity contribution in [3.05, 3.63) is 29.6 Å². The van der Waals surface area contributed by atoms with Crippen molar-refractivity contribution in [3.63, 3.8) is 0 Å². The van der Waals surface area contributed by atoms with Crippen LogP contribution in [0.5, 0.6) is 5.75 Å². The van der Waals surface area contributed by atoms with Gasteiger partial charge in [-0.2, -0.15) is 0 Å². The fraction of sp³-hybridized carbons (Fsp3) is 0.400. The van der Waals surface area contributed by atoms with E-state index in [2.05, 4.69) is 0 Å². The van der Waals surface area contributed by atoms with Gasteiger partial charge in [-0.05, 0) is 24.5 Å². The average Bonchev–Trinajstić information content (AvgIpc) is 1.97. The summed E-state index contributed by atoms with van der Waals surface area (Å²) in [5.74, 6) is 0.0974. The number of hydrogen-bond donors (Lipinski definition) is 1. The largest absolute Gasteiger partial charge is 0.508 e. The highest BCUT2D eigenvalue weighted by molar-refractivity contribution is 5.33. The molecule has 0 amide bonds. The molecule has 1 aromatic carbocycles. The second-order valence-corrected chi connectivity index (χ2v) is 3.34. The second-order valence-electron chi connectivity index (χ2n) is 3.34. The summed E-state index contributed by atoms with van der Waals surface area (Å²) in [4.78, 5) is 0. The van der Waals surface area contributed by atoms with Gasteiger partial charge in [-0.1, -0.05) is 19.9 Å². The normalized spacial score (nSPS) is 10.7. The first kappa shape index (κ1) is 9.04. The molecule has 1 nitrogen and oxygen atoms in total. The third kappa shape index (κ3) is 1.97. The van der Waals surface area contributed by atoms with Crippen LogP contribution in [0, 0.1) is 11.7 Å². The van der Waals surface area contributed by atoms with Crippen LogP contribution < -0.4 is 0 Å². The van der Waals surface area contributed by atoms with Crippen molar-refractivity contribution in [3.8, 4) is 5.75 Å². The van der Waals surface area contributed by atoms with Crippen LogP contribution in [0.15, 0.2) is 18.2 Å². The Morgan fingerprint density at radius 2 is 2.08 bits per heavy atom. The highest BCUT2D eigenvalue weighted by Crippen LogP contribution is 2.22. The standard InChI is InChI=1S/C10H13FO/c1-7(2)6-8-9(11)4-3-5-10(8)12/h3-5,7,12H,6H2,1-2H3. The monoisotopic (exact) mass is 168 g/mol. The molecule has 0 aliphatic carbocycles. The number of phenolic OH excluding ortho intramolecular Hbond substituents is 1. The maximum absolute atomic E-state index is 13.1. The van der Waals surface area contributed by atoms with E-state index >= 15 is 0 Å². The van der Waals surface area contributed by atoms with E-state index in [1.807, 2.05) is 13.8 Å². The lowest BCUT2D eigenvalue weighted by Gasteiger charge is -2.07. The van der Waals surface area contributed by atoms with Crippen LogP contribution in [0.25, 0.3) is 0 Å². The minimum atomic E-state index is -0.316. The van der Waals surface area contributed by atoms with Gasteiger partial charge in [0, 0.05) is 5.56 Å². The third-order valence-corrected chi connectivity index (χ3v) is 1.71. The molecule has 0 unspecified atom stereocenters. The maximum atomic E-state index is 13.1. The number of benzene rings is 1. The Balaban J connectivity index is 2.96. The summed E-state index contributed by atoms with van der Waals surface area (Å²) in [6.07, 6.45) is 0.582. The molecule has 0 bridgehead atoms. The fourth-order valence-electron chi connectivity index (χ4n) is 1.16. The van der Waals surface area contributed by atoms with E-state index in [9.17, 15) is 9.50 Å². The first-order valence-corrected chi connectivity index (χ1v) is 4.07. The Labute approximate surface area is 71.9 Å². The molecule has 0 fully saturated rings. The highest BCUT2D eigenvalue weighted by Gasteiger charge is 2.08. The topological polar surface area (TPSA) is 20.2 Å². The summed E-state index contributed by atoms with van der Waals surface area (Å²) < 4.78 is 13.1. The molecule has 0 atom stereocenters. The van der Waals surface area contributed by atoms with Gasteiger partial charge < -0.3 is 5.11 Å². The van der Waals surface area contributed by atoms with E-state index < -0.39 is 0 Å². The zero-order chi connectivity index (χ0) is 9.14. The van der Waals surface area contributed by atoms with Crippen LogP contribution in [-0.4, -0.2) is 5.11 Å². The van der Waals surface area contributed by atoms with Crippen LogP contribution in [0.1, 0.15) is 19.4 Å². The molecule has 66 valence electrons. The lowest BCUT2D eigenvalue weighted by molar-refractivity contribution is 0.451. The predicted molar refractivity (Wildman–Crippen MR) is 46.6 cm³/mol.